The maximum atomic E-state index is 12.4. The molecular weight excluding hydrogens is 342 g/mol. The molecule has 0 saturated heterocycles. The number of benzene rings is 1. The van der Waals surface area contributed by atoms with E-state index < -0.39 is 10.0 Å². The lowest BCUT2D eigenvalue weighted by Gasteiger charge is -2.16. The van der Waals surface area contributed by atoms with Crippen molar-refractivity contribution < 1.29 is 17.6 Å². The number of rotatable bonds is 7. The number of nitriles is 1. The smallest absolute Gasteiger partial charge is 0.254 e. The van der Waals surface area contributed by atoms with Crippen LogP contribution in [0.25, 0.3) is 0 Å². The van der Waals surface area contributed by atoms with E-state index in [1.807, 2.05) is 25.1 Å². The summed E-state index contributed by atoms with van der Waals surface area (Å²) < 4.78 is 31.8. The maximum absolute atomic E-state index is 12.4. The van der Waals surface area contributed by atoms with Gasteiger partial charge < -0.3 is 9.32 Å². The molecule has 0 bridgehead atoms. The molecule has 0 aliphatic heterocycles. The zero-order valence-electron chi connectivity index (χ0n) is 14.0. The number of hydrogen-bond acceptors (Lipinski definition) is 5. The Morgan fingerprint density at radius 1 is 1.24 bits per heavy atom. The van der Waals surface area contributed by atoms with Crippen molar-refractivity contribution >= 4 is 15.9 Å². The summed E-state index contributed by atoms with van der Waals surface area (Å²) in [6, 6.07) is 11.2. The normalized spacial score (nSPS) is 11.1. The van der Waals surface area contributed by atoms with Crippen molar-refractivity contribution in [3.05, 3.63) is 53.5 Å². The molecule has 1 heterocycles. The summed E-state index contributed by atoms with van der Waals surface area (Å²) in [5, 5.41) is 8.46. The van der Waals surface area contributed by atoms with Crippen LogP contribution >= 0.6 is 0 Å². The van der Waals surface area contributed by atoms with Crippen molar-refractivity contribution in [2.45, 2.75) is 24.8 Å². The Morgan fingerprint density at radius 3 is 2.48 bits per heavy atom. The number of sulfonamides is 1. The molecule has 2 aromatic rings. The molecule has 0 saturated carbocycles. The van der Waals surface area contributed by atoms with Crippen LogP contribution in [0.4, 0.5) is 0 Å². The van der Waals surface area contributed by atoms with E-state index in [-0.39, 0.29) is 23.8 Å². The molecule has 0 fully saturated rings. The molecule has 0 aliphatic rings. The fraction of sp³-hybridized carbons (Fsp3) is 0.294. The Balaban J connectivity index is 2.05. The van der Waals surface area contributed by atoms with Crippen LogP contribution in [0.1, 0.15) is 28.3 Å². The van der Waals surface area contributed by atoms with Crippen molar-refractivity contribution in [1.82, 2.24) is 9.62 Å². The number of carbonyl (C=O) groups excluding carboxylic acids is 1. The van der Waals surface area contributed by atoms with Gasteiger partial charge in [-0.3, -0.25) is 4.79 Å². The number of aryl methyl sites for hydroxylation is 1. The lowest BCUT2D eigenvalue weighted by atomic mass is 10.2. The molecule has 132 valence electrons. The van der Waals surface area contributed by atoms with Gasteiger partial charge in [-0.15, -0.1) is 0 Å². The van der Waals surface area contributed by atoms with Crippen molar-refractivity contribution in [3.63, 3.8) is 0 Å². The van der Waals surface area contributed by atoms with E-state index in [0.29, 0.717) is 17.9 Å². The van der Waals surface area contributed by atoms with Crippen LogP contribution in [0.3, 0.4) is 0 Å². The van der Waals surface area contributed by atoms with E-state index in [4.69, 9.17) is 9.68 Å². The Bertz CT molecular complexity index is 879. The van der Waals surface area contributed by atoms with Gasteiger partial charge in [-0.1, -0.05) is 0 Å². The minimum atomic E-state index is -3.68. The second kappa shape index (κ2) is 7.96. The molecule has 2 rings (SSSR count). The van der Waals surface area contributed by atoms with Gasteiger partial charge in [0.2, 0.25) is 10.0 Å². The van der Waals surface area contributed by atoms with Gasteiger partial charge in [0.25, 0.3) is 5.91 Å². The van der Waals surface area contributed by atoms with Gasteiger partial charge in [0.15, 0.2) is 0 Å². The Morgan fingerprint density at radius 2 is 1.92 bits per heavy atom. The minimum Gasteiger partial charge on any atom is -0.464 e. The van der Waals surface area contributed by atoms with Crippen molar-refractivity contribution in [1.29, 1.82) is 5.26 Å². The standard InChI is InChI=1S/C17H19N3O4S/c1-13-4-7-15(24-13)12-20(2)17(21)14-5-8-16(9-6-14)25(22,23)19-11-3-10-18/h4-9,19H,3,11-12H2,1-2H3. The molecule has 8 heteroatoms. The van der Waals surface area contributed by atoms with Crippen LogP contribution in [0.15, 0.2) is 45.7 Å². The van der Waals surface area contributed by atoms with Crippen molar-refractivity contribution in [2.24, 2.45) is 0 Å². The van der Waals surface area contributed by atoms with Crippen LogP contribution < -0.4 is 4.72 Å². The second-order valence-electron chi connectivity index (χ2n) is 5.50. The molecule has 0 unspecified atom stereocenters. The first-order chi connectivity index (χ1) is 11.8. The summed E-state index contributed by atoms with van der Waals surface area (Å²) in [7, 11) is -2.03. The van der Waals surface area contributed by atoms with E-state index in [0.717, 1.165) is 5.76 Å². The highest BCUT2D eigenvalue weighted by molar-refractivity contribution is 7.89. The highest BCUT2D eigenvalue weighted by Gasteiger charge is 2.17. The highest BCUT2D eigenvalue weighted by Crippen LogP contribution is 2.14. The quantitative estimate of drug-likeness (QED) is 0.760. The molecule has 1 amide bonds. The largest absolute Gasteiger partial charge is 0.464 e. The van der Waals surface area contributed by atoms with Gasteiger partial charge in [0.1, 0.15) is 11.5 Å². The third-order valence-electron chi connectivity index (χ3n) is 3.48. The minimum absolute atomic E-state index is 0.0464. The third-order valence-corrected chi connectivity index (χ3v) is 4.95. The first kappa shape index (κ1) is 18.7. The zero-order chi connectivity index (χ0) is 18.4. The summed E-state index contributed by atoms with van der Waals surface area (Å²) in [5.41, 5.74) is 0.377. The summed E-state index contributed by atoms with van der Waals surface area (Å²) in [6.07, 6.45) is 0.0901. The number of amides is 1. The lowest BCUT2D eigenvalue weighted by molar-refractivity contribution is 0.0775. The summed E-state index contributed by atoms with van der Waals surface area (Å²) in [4.78, 5) is 14.0. The molecule has 0 aliphatic carbocycles. The SMILES string of the molecule is Cc1ccc(CN(C)C(=O)c2ccc(S(=O)(=O)NCCC#N)cc2)o1. The summed E-state index contributed by atoms with van der Waals surface area (Å²) in [6.45, 7) is 2.20. The Hall–Kier alpha value is -2.63. The molecule has 25 heavy (non-hydrogen) atoms. The van der Waals surface area contributed by atoms with E-state index in [9.17, 15) is 13.2 Å². The first-order valence-corrected chi connectivity index (χ1v) is 9.09. The molecule has 0 radical (unpaired) electrons. The molecule has 1 aromatic carbocycles. The maximum Gasteiger partial charge on any atom is 0.254 e. The van der Waals surface area contributed by atoms with Crippen molar-refractivity contribution in [3.8, 4) is 6.07 Å². The van der Waals surface area contributed by atoms with Crippen LogP contribution in [0.5, 0.6) is 0 Å². The molecule has 1 N–H and O–H groups in total. The van der Waals surface area contributed by atoms with Crippen LogP contribution in [-0.4, -0.2) is 32.8 Å². The van der Waals surface area contributed by atoms with Gasteiger partial charge in [0.05, 0.1) is 17.5 Å². The lowest BCUT2D eigenvalue weighted by Crippen LogP contribution is -2.26. The Kier molecular flexibility index (Phi) is 5.96. The number of furan rings is 1. The molecule has 0 atom stereocenters. The third kappa shape index (κ3) is 4.92. The fourth-order valence-corrected chi connectivity index (χ4v) is 3.23. The van der Waals surface area contributed by atoms with E-state index in [2.05, 4.69) is 4.72 Å². The predicted octanol–water partition coefficient (Wildman–Crippen LogP) is 2.05. The topological polar surface area (TPSA) is 103 Å². The van der Waals surface area contributed by atoms with E-state index >= 15 is 0 Å². The number of hydrogen-bond donors (Lipinski definition) is 1. The van der Waals surface area contributed by atoms with Gasteiger partial charge in [-0.25, -0.2) is 13.1 Å². The second-order valence-corrected chi connectivity index (χ2v) is 7.27. The average Bonchev–Trinajstić information content (AvgIpc) is 2.99. The van der Waals surface area contributed by atoms with Gasteiger partial charge in [-0.2, -0.15) is 5.26 Å². The number of nitrogens with zero attached hydrogens (tertiary/aromatic N) is 2. The molecule has 7 nitrogen and oxygen atoms in total. The fourth-order valence-electron chi connectivity index (χ4n) is 2.20. The van der Waals surface area contributed by atoms with Crippen LogP contribution in [-0.2, 0) is 16.6 Å². The van der Waals surface area contributed by atoms with E-state index in [1.165, 1.54) is 29.2 Å². The average molecular weight is 361 g/mol. The predicted molar refractivity (Wildman–Crippen MR) is 91.1 cm³/mol. The van der Waals surface area contributed by atoms with Gasteiger partial charge in [0, 0.05) is 25.6 Å². The van der Waals surface area contributed by atoms with Crippen LogP contribution in [0.2, 0.25) is 0 Å². The van der Waals surface area contributed by atoms with Crippen molar-refractivity contribution in [2.75, 3.05) is 13.6 Å². The van der Waals surface area contributed by atoms with Gasteiger partial charge >= 0.3 is 0 Å². The summed E-state index contributed by atoms with van der Waals surface area (Å²) in [5.74, 6) is 1.21. The molecular formula is C17H19N3O4S. The zero-order valence-corrected chi connectivity index (χ0v) is 14.8. The Labute approximate surface area is 146 Å². The molecule has 1 aromatic heterocycles. The molecule has 0 spiro atoms. The highest BCUT2D eigenvalue weighted by atomic mass is 32.2. The first-order valence-electron chi connectivity index (χ1n) is 7.61. The van der Waals surface area contributed by atoms with Crippen LogP contribution in [0, 0.1) is 18.3 Å². The van der Waals surface area contributed by atoms with Gasteiger partial charge in [-0.05, 0) is 43.3 Å². The number of carbonyl (C=O) groups is 1. The number of nitrogens with one attached hydrogen (secondary N) is 1. The summed E-state index contributed by atoms with van der Waals surface area (Å²) >= 11 is 0. The van der Waals surface area contributed by atoms with E-state index in [1.54, 1.807) is 7.05 Å². The monoisotopic (exact) mass is 361 g/mol.